The zero-order chi connectivity index (χ0) is 10.3. The maximum Gasteiger partial charge on any atom is 0.253 e. The number of nitrogens with zero attached hydrogens (tertiary/aromatic N) is 1. The molecule has 1 fully saturated rings. The first-order chi connectivity index (χ1) is 7.36. The van der Waals surface area contributed by atoms with Gasteiger partial charge in [-0.25, -0.2) is 0 Å². The molecule has 0 radical (unpaired) electrons. The van der Waals surface area contributed by atoms with Crippen molar-refractivity contribution in [1.82, 2.24) is 5.32 Å². The molecule has 3 rings (SSSR count). The molecule has 1 atom stereocenters. The zero-order valence-corrected chi connectivity index (χ0v) is 8.57. The third-order valence-corrected chi connectivity index (χ3v) is 3.33. The van der Waals surface area contributed by atoms with Crippen LogP contribution in [0.15, 0.2) is 24.3 Å². The number of para-hydroxylation sites is 1. The molecule has 78 valence electrons. The minimum Gasteiger partial charge on any atom is -0.366 e. The van der Waals surface area contributed by atoms with E-state index in [1.54, 1.807) is 0 Å². The molecule has 1 aromatic rings. The van der Waals surface area contributed by atoms with E-state index in [2.05, 4.69) is 16.3 Å². The summed E-state index contributed by atoms with van der Waals surface area (Å²) in [6.45, 7) is 1.87. The Bertz CT molecular complexity index is 402. The fraction of sp³-hybridized carbons (Fsp3) is 0.417. The number of hydrogen-bond donors (Lipinski definition) is 1. The van der Waals surface area contributed by atoms with Crippen molar-refractivity contribution in [3.8, 4) is 0 Å². The quantitative estimate of drug-likeness (QED) is 0.689. The summed E-state index contributed by atoms with van der Waals surface area (Å²) >= 11 is 0. The smallest absolute Gasteiger partial charge is 0.253 e. The van der Waals surface area contributed by atoms with Crippen molar-refractivity contribution >= 4 is 11.6 Å². The van der Waals surface area contributed by atoms with Crippen LogP contribution in [0.3, 0.4) is 0 Å². The summed E-state index contributed by atoms with van der Waals surface area (Å²) in [5.74, 6) is 0.0694. The topological polar surface area (TPSA) is 32.3 Å². The van der Waals surface area contributed by atoms with E-state index in [9.17, 15) is 4.79 Å². The second-order valence-corrected chi connectivity index (χ2v) is 4.22. The van der Waals surface area contributed by atoms with E-state index in [-0.39, 0.29) is 5.91 Å². The molecule has 2 aliphatic heterocycles. The van der Waals surface area contributed by atoms with Crippen LogP contribution in [0.1, 0.15) is 23.2 Å². The van der Waals surface area contributed by atoms with E-state index in [1.165, 1.54) is 12.8 Å². The Morgan fingerprint density at radius 3 is 3.13 bits per heavy atom. The second kappa shape index (κ2) is 3.26. The van der Waals surface area contributed by atoms with Crippen LogP contribution < -0.4 is 10.2 Å². The fourth-order valence-corrected chi connectivity index (χ4v) is 2.59. The zero-order valence-electron chi connectivity index (χ0n) is 8.57. The number of nitrogens with one attached hydrogen (secondary N) is 1. The lowest BCUT2D eigenvalue weighted by Crippen LogP contribution is -2.36. The molecule has 0 bridgehead atoms. The first-order valence-corrected chi connectivity index (χ1v) is 5.50. The molecular weight excluding hydrogens is 188 g/mol. The van der Waals surface area contributed by atoms with Crippen LogP contribution in [0.5, 0.6) is 0 Å². The monoisotopic (exact) mass is 202 g/mol. The first-order valence-electron chi connectivity index (χ1n) is 5.50. The van der Waals surface area contributed by atoms with Crippen LogP contribution in [0, 0.1) is 0 Å². The van der Waals surface area contributed by atoms with Crippen molar-refractivity contribution in [2.24, 2.45) is 0 Å². The van der Waals surface area contributed by atoms with Crippen molar-refractivity contribution in [3.63, 3.8) is 0 Å². The summed E-state index contributed by atoms with van der Waals surface area (Å²) in [4.78, 5) is 14.2. The summed E-state index contributed by atoms with van der Waals surface area (Å²) in [7, 11) is 0. The van der Waals surface area contributed by atoms with Gasteiger partial charge in [-0.1, -0.05) is 12.1 Å². The van der Waals surface area contributed by atoms with Crippen molar-refractivity contribution in [2.45, 2.75) is 18.9 Å². The third kappa shape index (κ3) is 1.30. The molecule has 1 saturated heterocycles. The number of benzene rings is 1. The summed E-state index contributed by atoms with van der Waals surface area (Å²) in [6.07, 6.45) is 2.42. The van der Waals surface area contributed by atoms with Gasteiger partial charge >= 0.3 is 0 Å². The number of carbonyl (C=O) groups is 1. The lowest BCUT2D eigenvalue weighted by molar-refractivity contribution is 0.0955. The number of rotatable bonds is 0. The molecule has 15 heavy (non-hydrogen) atoms. The molecule has 2 aliphatic rings. The highest BCUT2D eigenvalue weighted by atomic mass is 16.1. The van der Waals surface area contributed by atoms with Gasteiger partial charge in [-0.2, -0.15) is 0 Å². The largest absolute Gasteiger partial charge is 0.366 e. The maximum absolute atomic E-state index is 11.8. The molecule has 0 aromatic heterocycles. The van der Waals surface area contributed by atoms with Gasteiger partial charge in [0.2, 0.25) is 0 Å². The average molecular weight is 202 g/mol. The molecule has 1 amide bonds. The van der Waals surface area contributed by atoms with Gasteiger partial charge in [-0.3, -0.25) is 4.79 Å². The van der Waals surface area contributed by atoms with Crippen LogP contribution in [0.2, 0.25) is 0 Å². The second-order valence-electron chi connectivity index (χ2n) is 4.22. The molecular formula is C12H14N2O. The van der Waals surface area contributed by atoms with Gasteiger partial charge in [0.1, 0.15) is 0 Å². The van der Waals surface area contributed by atoms with Gasteiger partial charge in [-0.05, 0) is 25.0 Å². The van der Waals surface area contributed by atoms with E-state index < -0.39 is 0 Å². The minimum absolute atomic E-state index is 0.0694. The lowest BCUT2D eigenvalue weighted by Gasteiger charge is -2.24. The van der Waals surface area contributed by atoms with Crippen LogP contribution >= 0.6 is 0 Å². The van der Waals surface area contributed by atoms with Gasteiger partial charge < -0.3 is 10.2 Å². The Hall–Kier alpha value is -1.51. The Kier molecular flexibility index (Phi) is 1.91. The van der Waals surface area contributed by atoms with E-state index >= 15 is 0 Å². The van der Waals surface area contributed by atoms with Gasteiger partial charge in [-0.15, -0.1) is 0 Å². The van der Waals surface area contributed by atoms with Crippen molar-refractivity contribution in [1.29, 1.82) is 0 Å². The Morgan fingerprint density at radius 2 is 2.20 bits per heavy atom. The molecule has 0 saturated carbocycles. The van der Waals surface area contributed by atoms with Gasteiger partial charge in [0.25, 0.3) is 5.91 Å². The number of anilines is 1. The summed E-state index contributed by atoms with van der Waals surface area (Å²) in [5.41, 5.74) is 1.93. The highest BCUT2D eigenvalue weighted by Crippen LogP contribution is 2.30. The van der Waals surface area contributed by atoms with Crippen molar-refractivity contribution in [2.75, 3.05) is 18.0 Å². The predicted octanol–water partition coefficient (Wildman–Crippen LogP) is 1.40. The van der Waals surface area contributed by atoms with Gasteiger partial charge in [0.05, 0.1) is 5.56 Å². The first kappa shape index (κ1) is 8.77. The maximum atomic E-state index is 11.8. The summed E-state index contributed by atoms with van der Waals surface area (Å²) in [6, 6.07) is 8.39. The summed E-state index contributed by atoms with van der Waals surface area (Å²) < 4.78 is 0. The number of carbonyl (C=O) groups excluding carboxylic acids is 1. The molecule has 0 spiro atoms. The molecule has 0 unspecified atom stereocenters. The molecule has 3 heteroatoms. The van der Waals surface area contributed by atoms with E-state index in [4.69, 9.17) is 0 Å². The summed E-state index contributed by atoms with van der Waals surface area (Å²) in [5, 5.41) is 2.99. The Balaban J connectivity index is 2.11. The average Bonchev–Trinajstić information content (AvgIpc) is 2.69. The number of fused-ring (bicyclic) bond motifs is 3. The molecule has 3 nitrogen and oxygen atoms in total. The standard InChI is InChI=1S/C12H14N2O/c15-12-10-5-1-2-6-11(10)14-7-3-4-9(14)8-13-12/h1-2,5-6,9H,3-4,7-8H2,(H,13,15)/t9-/m0/s1. The van der Waals surface area contributed by atoms with Crippen LogP contribution in [0.25, 0.3) is 0 Å². The highest BCUT2D eigenvalue weighted by Gasteiger charge is 2.30. The van der Waals surface area contributed by atoms with Crippen LogP contribution in [-0.2, 0) is 0 Å². The number of hydrogen-bond acceptors (Lipinski definition) is 2. The van der Waals surface area contributed by atoms with Crippen LogP contribution in [0.4, 0.5) is 5.69 Å². The predicted molar refractivity (Wildman–Crippen MR) is 59.1 cm³/mol. The molecule has 0 aliphatic carbocycles. The van der Waals surface area contributed by atoms with Gasteiger partial charge in [0, 0.05) is 24.8 Å². The Labute approximate surface area is 89.1 Å². The van der Waals surface area contributed by atoms with E-state index in [1.807, 2.05) is 18.2 Å². The SMILES string of the molecule is O=C1NC[C@@H]2CCCN2c2ccccc21. The van der Waals surface area contributed by atoms with Gasteiger partial charge in [0.15, 0.2) is 0 Å². The van der Waals surface area contributed by atoms with Crippen LogP contribution in [-0.4, -0.2) is 25.0 Å². The minimum atomic E-state index is 0.0694. The molecule has 2 heterocycles. The van der Waals surface area contributed by atoms with Crippen molar-refractivity contribution in [3.05, 3.63) is 29.8 Å². The molecule has 1 aromatic carbocycles. The third-order valence-electron chi connectivity index (χ3n) is 3.33. The van der Waals surface area contributed by atoms with E-state index in [0.717, 1.165) is 24.3 Å². The van der Waals surface area contributed by atoms with E-state index in [0.29, 0.717) is 6.04 Å². The Morgan fingerprint density at radius 1 is 1.33 bits per heavy atom. The normalized spacial score (nSPS) is 24.1. The fourth-order valence-electron chi connectivity index (χ4n) is 2.59. The van der Waals surface area contributed by atoms with Crippen molar-refractivity contribution < 1.29 is 4.79 Å². The lowest BCUT2D eigenvalue weighted by atomic mass is 10.1. The molecule has 1 N–H and O–H groups in total. The number of amides is 1. The highest BCUT2D eigenvalue weighted by molar-refractivity contribution is 6.00.